The first-order valence-electron chi connectivity index (χ1n) is 4.12. The summed E-state index contributed by atoms with van der Waals surface area (Å²) in [7, 11) is 0. The Morgan fingerprint density at radius 3 is 2.00 bits per heavy atom. The van der Waals surface area contributed by atoms with Crippen molar-refractivity contribution in [2.24, 2.45) is 10.8 Å². The SMILES string of the molecule is C=C1C(=O)C(C)(C)C1(C)CC. The van der Waals surface area contributed by atoms with E-state index in [4.69, 9.17) is 0 Å². The Bertz CT molecular complexity index is 225. The van der Waals surface area contributed by atoms with Crippen LogP contribution in [0.1, 0.15) is 34.1 Å². The molecule has 1 aliphatic carbocycles. The van der Waals surface area contributed by atoms with Gasteiger partial charge < -0.3 is 0 Å². The van der Waals surface area contributed by atoms with E-state index in [1.807, 2.05) is 13.8 Å². The van der Waals surface area contributed by atoms with Gasteiger partial charge in [-0.05, 0) is 12.0 Å². The number of hydrogen-bond acceptors (Lipinski definition) is 1. The van der Waals surface area contributed by atoms with Gasteiger partial charge >= 0.3 is 0 Å². The van der Waals surface area contributed by atoms with Crippen molar-refractivity contribution in [3.63, 3.8) is 0 Å². The first kappa shape index (κ1) is 8.51. The van der Waals surface area contributed by atoms with Crippen LogP contribution < -0.4 is 0 Å². The summed E-state index contributed by atoms with van der Waals surface area (Å²) in [6, 6.07) is 0. The minimum absolute atomic E-state index is 0.0457. The molecular weight excluding hydrogens is 136 g/mol. The van der Waals surface area contributed by atoms with E-state index in [1.54, 1.807) is 0 Å². The highest BCUT2D eigenvalue weighted by Crippen LogP contribution is 2.58. The molecule has 1 nitrogen and oxygen atoms in total. The molecule has 1 fully saturated rings. The smallest absolute Gasteiger partial charge is 0.165 e. The van der Waals surface area contributed by atoms with Crippen molar-refractivity contribution in [2.75, 3.05) is 0 Å². The number of carbonyl (C=O) groups is 1. The molecule has 1 saturated carbocycles. The highest BCUT2D eigenvalue weighted by Gasteiger charge is 2.58. The summed E-state index contributed by atoms with van der Waals surface area (Å²) >= 11 is 0. The molecule has 62 valence electrons. The van der Waals surface area contributed by atoms with Gasteiger partial charge in [0.1, 0.15) is 0 Å². The number of rotatable bonds is 1. The zero-order valence-corrected chi connectivity index (χ0v) is 7.82. The average Bonchev–Trinajstić information content (AvgIpc) is 2.00. The van der Waals surface area contributed by atoms with Crippen molar-refractivity contribution in [3.8, 4) is 0 Å². The molecule has 0 spiro atoms. The fraction of sp³-hybridized carbons (Fsp3) is 0.700. The first-order valence-corrected chi connectivity index (χ1v) is 4.12. The lowest BCUT2D eigenvalue weighted by molar-refractivity contribution is -0.140. The Labute approximate surface area is 68.5 Å². The largest absolute Gasteiger partial charge is 0.294 e. The minimum Gasteiger partial charge on any atom is -0.294 e. The van der Waals surface area contributed by atoms with Crippen LogP contribution in [0, 0.1) is 10.8 Å². The second kappa shape index (κ2) is 1.96. The first-order chi connectivity index (χ1) is 4.88. The van der Waals surface area contributed by atoms with Gasteiger partial charge in [0.15, 0.2) is 5.78 Å². The monoisotopic (exact) mass is 152 g/mol. The molecular formula is C10H16O. The Balaban J connectivity index is 3.03. The maximum atomic E-state index is 11.4. The maximum Gasteiger partial charge on any atom is 0.165 e. The lowest BCUT2D eigenvalue weighted by Crippen LogP contribution is -2.55. The lowest BCUT2D eigenvalue weighted by Gasteiger charge is -2.54. The molecule has 0 aromatic carbocycles. The quantitative estimate of drug-likeness (QED) is 0.528. The Kier molecular flexibility index (Phi) is 1.52. The molecule has 1 atom stereocenters. The van der Waals surface area contributed by atoms with E-state index in [-0.39, 0.29) is 16.6 Å². The molecule has 0 bridgehead atoms. The second-order valence-corrected chi connectivity index (χ2v) is 4.12. The Hall–Kier alpha value is -0.590. The van der Waals surface area contributed by atoms with E-state index in [1.165, 1.54) is 0 Å². The van der Waals surface area contributed by atoms with E-state index in [0.29, 0.717) is 0 Å². The molecule has 1 unspecified atom stereocenters. The van der Waals surface area contributed by atoms with Crippen molar-refractivity contribution in [2.45, 2.75) is 34.1 Å². The zero-order chi connectivity index (χ0) is 8.86. The van der Waals surface area contributed by atoms with Crippen LogP contribution in [0.3, 0.4) is 0 Å². The van der Waals surface area contributed by atoms with Crippen LogP contribution in [0.15, 0.2) is 12.2 Å². The summed E-state index contributed by atoms with van der Waals surface area (Å²) in [5.74, 6) is 0.238. The van der Waals surface area contributed by atoms with Crippen LogP contribution in [0.2, 0.25) is 0 Å². The normalized spacial score (nSPS) is 35.3. The van der Waals surface area contributed by atoms with Crippen LogP contribution in [0.5, 0.6) is 0 Å². The summed E-state index contributed by atoms with van der Waals surface area (Å²) < 4.78 is 0. The van der Waals surface area contributed by atoms with E-state index in [0.717, 1.165) is 12.0 Å². The summed E-state index contributed by atoms with van der Waals surface area (Å²) in [4.78, 5) is 11.4. The predicted octanol–water partition coefficient (Wildman–Crippen LogP) is 2.57. The fourth-order valence-corrected chi connectivity index (χ4v) is 1.85. The molecule has 11 heavy (non-hydrogen) atoms. The number of carbonyl (C=O) groups excluding carboxylic acids is 1. The van der Waals surface area contributed by atoms with E-state index in [9.17, 15) is 4.79 Å². The molecule has 0 radical (unpaired) electrons. The van der Waals surface area contributed by atoms with Gasteiger partial charge in [0.25, 0.3) is 0 Å². The third-order valence-corrected chi connectivity index (χ3v) is 3.59. The summed E-state index contributed by atoms with van der Waals surface area (Å²) in [6.45, 7) is 12.1. The maximum absolute atomic E-state index is 11.4. The van der Waals surface area contributed by atoms with Gasteiger partial charge in [-0.25, -0.2) is 0 Å². The van der Waals surface area contributed by atoms with Crippen molar-refractivity contribution in [1.29, 1.82) is 0 Å². The summed E-state index contributed by atoms with van der Waals surface area (Å²) in [5.41, 5.74) is 0.674. The number of ketones is 1. The van der Waals surface area contributed by atoms with E-state index in [2.05, 4.69) is 20.4 Å². The molecule has 0 aliphatic heterocycles. The fourth-order valence-electron chi connectivity index (χ4n) is 1.85. The van der Waals surface area contributed by atoms with Crippen molar-refractivity contribution in [1.82, 2.24) is 0 Å². The van der Waals surface area contributed by atoms with Gasteiger partial charge in [0.05, 0.1) is 0 Å². The van der Waals surface area contributed by atoms with Crippen LogP contribution in [-0.2, 0) is 4.79 Å². The molecule has 0 N–H and O–H groups in total. The standard InChI is InChI=1S/C10H16O/c1-6-10(5)7(2)8(11)9(10,3)4/h2,6H2,1,3-5H3. The Morgan fingerprint density at radius 2 is 1.82 bits per heavy atom. The van der Waals surface area contributed by atoms with Gasteiger partial charge in [0, 0.05) is 10.8 Å². The molecule has 0 saturated heterocycles. The van der Waals surface area contributed by atoms with Gasteiger partial charge in [0.2, 0.25) is 0 Å². The number of Topliss-reactive ketones (excluding diaryl/α,β-unsaturated/α-hetero) is 1. The average molecular weight is 152 g/mol. The molecule has 0 aromatic rings. The van der Waals surface area contributed by atoms with Crippen molar-refractivity contribution < 1.29 is 4.79 Å². The predicted molar refractivity (Wildman–Crippen MR) is 46.3 cm³/mol. The van der Waals surface area contributed by atoms with Crippen LogP contribution in [-0.4, -0.2) is 5.78 Å². The molecule has 1 rings (SSSR count). The van der Waals surface area contributed by atoms with Crippen LogP contribution >= 0.6 is 0 Å². The molecule has 0 heterocycles. The van der Waals surface area contributed by atoms with E-state index < -0.39 is 0 Å². The summed E-state index contributed by atoms with van der Waals surface area (Å²) in [5, 5.41) is 0. The van der Waals surface area contributed by atoms with Crippen molar-refractivity contribution in [3.05, 3.63) is 12.2 Å². The summed E-state index contributed by atoms with van der Waals surface area (Å²) in [6.07, 6.45) is 1.00. The zero-order valence-electron chi connectivity index (χ0n) is 7.82. The van der Waals surface area contributed by atoms with Gasteiger partial charge in [-0.1, -0.05) is 34.3 Å². The minimum atomic E-state index is -0.182. The number of allylic oxidation sites excluding steroid dienone is 1. The second-order valence-electron chi connectivity index (χ2n) is 4.12. The third-order valence-electron chi connectivity index (χ3n) is 3.59. The molecule has 0 aromatic heterocycles. The third kappa shape index (κ3) is 0.688. The van der Waals surface area contributed by atoms with E-state index >= 15 is 0 Å². The lowest BCUT2D eigenvalue weighted by atomic mass is 9.47. The van der Waals surface area contributed by atoms with Crippen LogP contribution in [0.25, 0.3) is 0 Å². The molecule has 1 heteroatoms. The van der Waals surface area contributed by atoms with Gasteiger partial charge in [-0.15, -0.1) is 0 Å². The highest BCUT2D eigenvalue weighted by molar-refractivity contribution is 6.08. The molecule has 1 aliphatic rings. The molecule has 0 amide bonds. The van der Waals surface area contributed by atoms with Gasteiger partial charge in [-0.2, -0.15) is 0 Å². The Morgan fingerprint density at radius 1 is 1.36 bits per heavy atom. The number of hydrogen-bond donors (Lipinski definition) is 0. The highest BCUT2D eigenvalue weighted by atomic mass is 16.1. The van der Waals surface area contributed by atoms with Crippen molar-refractivity contribution >= 4 is 5.78 Å². The van der Waals surface area contributed by atoms with Gasteiger partial charge in [-0.3, -0.25) is 4.79 Å². The van der Waals surface area contributed by atoms with Crippen LogP contribution in [0.4, 0.5) is 0 Å². The topological polar surface area (TPSA) is 17.1 Å².